The Bertz CT molecular complexity index is 1470. The lowest BCUT2D eigenvalue weighted by molar-refractivity contribution is -0.116. The van der Waals surface area contributed by atoms with Crippen LogP contribution in [0.3, 0.4) is 0 Å². The SMILES string of the molecule is Cc1cnc(NC(=O)CCC2C[C@H](OS(C)(=O)=O)[C@@]3(C)CCC4c5ccc(OS(C)(=O)=O)cc5CCC4C23)s1. The third-order valence-corrected chi connectivity index (χ3v) is 10.8. The Morgan fingerprint density at radius 2 is 1.95 bits per heavy atom. The fraction of sp³-hybridized carbons (Fsp3) is 0.630. The van der Waals surface area contributed by atoms with E-state index in [0.29, 0.717) is 36.1 Å². The molecule has 1 heterocycles. The topological polar surface area (TPSA) is 129 Å². The average Bonchev–Trinajstić information content (AvgIpc) is 3.35. The summed E-state index contributed by atoms with van der Waals surface area (Å²) < 4.78 is 58.5. The number of thiazole rings is 1. The van der Waals surface area contributed by atoms with E-state index in [-0.39, 0.29) is 29.1 Å². The fourth-order valence-corrected chi connectivity index (χ4v) is 9.44. The predicted molar refractivity (Wildman–Crippen MR) is 150 cm³/mol. The number of hydrogen-bond donors (Lipinski definition) is 1. The zero-order chi connectivity index (χ0) is 28.2. The van der Waals surface area contributed by atoms with Gasteiger partial charge in [0.2, 0.25) is 5.91 Å². The maximum atomic E-state index is 12.8. The smallest absolute Gasteiger partial charge is 0.306 e. The number of aromatic nitrogens is 1. The molecule has 3 aliphatic carbocycles. The van der Waals surface area contributed by atoms with Gasteiger partial charge in [0.05, 0.1) is 18.6 Å². The molecule has 12 heteroatoms. The summed E-state index contributed by atoms with van der Waals surface area (Å²) in [5, 5.41) is 3.49. The second-order valence-electron chi connectivity index (χ2n) is 11.7. The van der Waals surface area contributed by atoms with Crippen LogP contribution >= 0.6 is 11.3 Å². The quantitative estimate of drug-likeness (QED) is 0.437. The fourth-order valence-electron chi connectivity index (χ4n) is 7.59. The normalized spacial score (nSPS) is 30.2. The highest BCUT2D eigenvalue weighted by atomic mass is 32.2. The molecule has 1 aromatic carbocycles. The van der Waals surface area contributed by atoms with Crippen molar-refractivity contribution in [3.63, 3.8) is 0 Å². The number of hydrogen-bond acceptors (Lipinski definition) is 9. The number of nitrogens with zero attached hydrogens (tertiary/aromatic N) is 1. The third kappa shape index (κ3) is 6.18. The lowest BCUT2D eigenvalue weighted by Crippen LogP contribution is -2.46. The molecule has 0 saturated heterocycles. The molecule has 0 aliphatic heterocycles. The zero-order valence-electron chi connectivity index (χ0n) is 22.7. The second kappa shape index (κ2) is 10.4. The first-order valence-corrected chi connectivity index (χ1v) is 17.8. The molecule has 9 nitrogen and oxygen atoms in total. The van der Waals surface area contributed by atoms with Crippen molar-refractivity contribution in [3.05, 3.63) is 40.4 Å². The summed E-state index contributed by atoms with van der Waals surface area (Å²) in [5.41, 5.74) is 2.02. The second-order valence-corrected chi connectivity index (χ2v) is 16.1. The Labute approximate surface area is 235 Å². The average molecular weight is 597 g/mol. The van der Waals surface area contributed by atoms with Crippen LogP contribution < -0.4 is 9.50 Å². The van der Waals surface area contributed by atoms with Crippen LogP contribution in [-0.4, -0.2) is 46.3 Å². The molecule has 39 heavy (non-hydrogen) atoms. The molecular weight excluding hydrogens is 561 g/mol. The van der Waals surface area contributed by atoms with Gasteiger partial charge >= 0.3 is 10.1 Å². The molecule has 0 spiro atoms. The number of fused-ring (bicyclic) bond motifs is 5. The van der Waals surface area contributed by atoms with Crippen molar-refractivity contribution in [2.24, 2.45) is 23.2 Å². The van der Waals surface area contributed by atoms with E-state index in [1.807, 2.05) is 19.1 Å². The Kier molecular flexibility index (Phi) is 7.62. The lowest BCUT2D eigenvalue weighted by Gasteiger charge is -2.51. The monoisotopic (exact) mass is 596 g/mol. The Hall–Kier alpha value is -2.02. The summed E-state index contributed by atoms with van der Waals surface area (Å²) in [6, 6.07) is 5.56. The third-order valence-electron chi connectivity index (χ3n) is 8.90. The molecule has 214 valence electrons. The van der Waals surface area contributed by atoms with Gasteiger partial charge in [-0.15, -0.1) is 11.3 Å². The number of carbonyl (C=O) groups is 1. The first kappa shape index (κ1) is 28.5. The van der Waals surface area contributed by atoms with E-state index in [0.717, 1.165) is 48.6 Å². The van der Waals surface area contributed by atoms with Crippen LogP contribution in [0, 0.1) is 30.1 Å². The van der Waals surface area contributed by atoms with Crippen LogP contribution in [0.2, 0.25) is 0 Å². The van der Waals surface area contributed by atoms with E-state index in [1.54, 1.807) is 12.3 Å². The predicted octanol–water partition coefficient (Wildman–Crippen LogP) is 4.64. The first-order chi connectivity index (χ1) is 18.2. The molecule has 4 unspecified atom stereocenters. The van der Waals surface area contributed by atoms with Crippen LogP contribution in [0.25, 0.3) is 0 Å². The molecule has 6 atom stereocenters. The van der Waals surface area contributed by atoms with Crippen molar-refractivity contribution in [3.8, 4) is 5.75 Å². The van der Waals surface area contributed by atoms with Crippen molar-refractivity contribution >= 4 is 42.6 Å². The van der Waals surface area contributed by atoms with Crippen molar-refractivity contribution in [1.82, 2.24) is 4.98 Å². The molecular formula is C27H36N2O7S3. The molecule has 1 amide bonds. The van der Waals surface area contributed by atoms with Crippen LogP contribution in [0.5, 0.6) is 5.75 Å². The van der Waals surface area contributed by atoms with Crippen molar-refractivity contribution in [2.75, 3.05) is 17.8 Å². The van der Waals surface area contributed by atoms with Crippen LogP contribution in [0.15, 0.2) is 24.4 Å². The molecule has 3 aliphatic rings. The van der Waals surface area contributed by atoms with Crippen molar-refractivity contribution in [2.45, 2.75) is 70.8 Å². The Morgan fingerprint density at radius 1 is 1.18 bits per heavy atom. The molecule has 2 fully saturated rings. The minimum absolute atomic E-state index is 0.0849. The van der Waals surface area contributed by atoms with Gasteiger partial charge in [-0.25, -0.2) is 4.98 Å². The van der Waals surface area contributed by atoms with E-state index in [1.165, 1.54) is 16.9 Å². The lowest BCUT2D eigenvalue weighted by atomic mass is 9.53. The molecule has 2 aromatic rings. The van der Waals surface area contributed by atoms with Gasteiger partial charge in [0.1, 0.15) is 5.75 Å². The highest BCUT2D eigenvalue weighted by Gasteiger charge is 2.59. The van der Waals surface area contributed by atoms with Crippen LogP contribution in [0.1, 0.15) is 67.4 Å². The van der Waals surface area contributed by atoms with Gasteiger partial charge in [-0.2, -0.15) is 16.8 Å². The Balaban J connectivity index is 1.39. The van der Waals surface area contributed by atoms with Gasteiger partial charge in [0, 0.05) is 17.5 Å². The van der Waals surface area contributed by atoms with E-state index in [4.69, 9.17) is 8.37 Å². The number of aryl methyl sites for hydroxylation is 2. The zero-order valence-corrected chi connectivity index (χ0v) is 25.1. The molecule has 0 radical (unpaired) electrons. The largest absolute Gasteiger partial charge is 0.383 e. The molecule has 0 bridgehead atoms. The number of amides is 1. The van der Waals surface area contributed by atoms with Crippen molar-refractivity contribution < 1.29 is 30.0 Å². The van der Waals surface area contributed by atoms with E-state index in [9.17, 15) is 21.6 Å². The minimum atomic E-state index is -3.64. The van der Waals surface area contributed by atoms with Gasteiger partial charge in [-0.1, -0.05) is 13.0 Å². The number of nitrogens with one attached hydrogen (secondary N) is 1. The first-order valence-electron chi connectivity index (χ1n) is 13.3. The van der Waals surface area contributed by atoms with Crippen LogP contribution in [-0.2, 0) is 35.6 Å². The highest BCUT2D eigenvalue weighted by molar-refractivity contribution is 7.86. The van der Waals surface area contributed by atoms with Gasteiger partial charge < -0.3 is 9.50 Å². The number of rotatable bonds is 8. The summed E-state index contributed by atoms with van der Waals surface area (Å²) in [4.78, 5) is 18.0. The highest BCUT2D eigenvalue weighted by Crippen LogP contribution is 2.64. The van der Waals surface area contributed by atoms with E-state index in [2.05, 4.69) is 17.2 Å². The van der Waals surface area contributed by atoms with E-state index >= 15 is 0 Å². The van der Waals surface area contributed by atoms with Crippen molar-refractivity contribution in [1.29, 1.82) is 0 Å². The van der Waals surface area contributed by atoms with Gasteiger partial charge in [0.25, 0.3) is 10.1 Å². The molecule has 1 aromatic heterocycles. The van der Waals surface area contributed by atoms with Gasteiger partial charge in [0.15, 0.2) is 5.13 Å². The number of benzene rings is 1. The van der Waals surface area contributed by atoms with Crippen LogP contribution in [0.4, 0.5) is 5.13 Å². The summed E-state index contributed by atoms with van der Waals surface area (Å²) >= 11 is 1.44. The summed E-state index contributed by atoms with van der Waals surface area (Å²) in [7, 11) is -7.24. The number of anilines is 1. The van der Waals surface area contributed by atoms with Gasteiger partial charge in [-0.05, 0) is 97.8 Å². The molecule has 2 saturated carbocycles. The number of carbonyl (C=O) groups excluding carboxylic acids is 1. The van der Waals surface area contributed by atoms with E-state index < -0.39 is 26.3 Å². The maximum absolute atomic E-state index is 12.8. The van der Waals surface area contributed by atoms with Gasteiger partial charge in [-0.3, -0.25) is 8.98 Å². The maximum Gasteiger partial charge on any atom is 0.306 e. The molecule has 1 N–H and O–H groups in total. The summed E-state index contributed by atoms with van der Waals surface area (Å²) in [5.74, 6) is 1.20. The minimum Gasteiger partial charge on any atom is -0.383 e. The summed E-state index contributed by atoms with van der Waals surface area (Å²) in [6.45, 7) is 4.11. The Morgan fingerprint density at radius 3 is 2.62 bits per heavy atom. The summed E-state index contributed by atoms with van der Waals surface area (Å²) in [6.07, 6.45) is 8.48. The standard InChI is InChI=1S/C27H36N2O7S3/c1-16-15-28-26(37-16)29-24(30)10-6-18-14-23(36-39(4,33)34)27(2)12-11-21-20-9-7-19(35-38(3,31)32)13-17(20)5-8-22(21)25(18)27/h7,9,13,15,18,21-23,25H,5-6,8,10-12,14H2,1-4H3,(H,28,29,30)/t18?,21?,22?,23-,25?,27+/m0/s1. The molecule has 5 rings (SSSR count).